The van der Waals surface area contributed by atoms with Gasteiger partial charge in [-0.1, -0.05) is 6.07 Å². The van der Waals surface area contributed by atoms with Crippen molar-refractivity contribution in [1.82, 2.24) is 4.98 Å². The molecule has 2 aromatic carbocycles. The highest BCUT2D eigenvalue weighted by Crippen LogP contribution is 2.33. The quantitative estimate of drug-likeness (QED) is 0.510. The molecule has 0 aliphatic heterocycles. The van der Waals surface area contributed by atoms with Crippen molar-refractivity contribution in [3.63, 3.8) is 0 Å². The second-order valence-corrected chi connectivity index (χ2v) is 6.73. The Kier molecular flexibility index (Phi) is 6.56. The number of carbonyl (C=O) groups is 1. The van der Waals surface area contributed by atoms with Crippen molar-refractivity contribution in [3.8, 4) is 33.6 Å². The fourth-order valence-corrected chi connectivity index (χ4v) is 3.45. The molecule has 0 radical (unpaired) electrons. The summed E-state index contributed by atoms with van der Waals surface area (Å²) in [6.45, 7) is 0.0996. The first-order valence-corrected chi connectivity index (χ1v) is 9.53. The van der Waals surface area contributed by atoms with E-state index in [0.29, 0.717) is 28.0 Å². The highest BCUT2D eigenvalue weighted by molar-refractivity contribution is 7.13. The highest BCUT2D eigenvalue weighted by Gasteiger charge is 2.15. The molecule has 0 atom stereocenters. The molecule has 0 aliphatic carbocycles. The van der Waals surface area contributed by atoms with E-state index in [1.54, 1.807) is 52.0 Å². The monoisotopic (exact) mass is 415 g/mol. The van der Waals surface area contributed by atoms with Gasteiger partial charge in [0.1, 0.15) is 11.6 Å². The average Bonchev–Trinajstić information content (AvgIpc) is 3.27. The van der Waals surface area contributed by atoms with Crippen LogP contribution >= 0.6 is 11.3 Å². The topological polar surface area (TPSA) is 76.1 Å². The van der Waals surface area contributed by atoms with Crippen molar-refractivity contribution in [3.05, 3.63) is 53.0 Å². The number of carbonyl (C=O) groups excluding carboxylic acids is 1. The van der Waals surface area contributed by atoms with E-state index in [2.05, 4.69) is 4.98 Å². The molecule has 0 bridgehead atoms. The van der Waals surface area contributed by atoms with Gasteiger partial charge < -0.3 is 23.7 Å². The van der Waals surface area contributed by atoms with Crippen molar-refractivity contribution in [1.29, 1.82) is 0 Å². The molecule has 29 heavy (non-hydrogen) atoms. The van der Waals surface area contributed by atoms with E-state index in [0.717, 1.165) is 11.1 Å². The number of esters is 1. The van der Waals surface area contributed by atoms with E-state index in [9.17, 15) is 4.79 Å². The van der Waals surface area contributed by atoms with Crippen LogP contribution in [0.4, 0.5) is 0 Å². The van der Waals surface area contributed by atoms with Crippen LogP contribution in [0.15, 0.2) is 41.8 Å². The minimum Gasteiger partial charge on any atom is -0.493 e. The first kappa shape index (κ1) is 20.5. The van der Waals surface area contributed by atoms with Gasteiger partial charge in [0.25, 0.3) is 0 Å². The Labute approximate surface area is 172 Å². The third-order valence-corrected chi connectivity index (χ3v) is 5.05. The molecule has 7 nitrogen and oxygen atoms in total. The highest BCUT2D eigenvalue weighted by atomic mass is 32.1. The molecule has 0 saturated carbocycles. The summed E-state index contributed by atoms with van der Waals surface area (Å²) in [4.78, 5) is 16.8. The van der Waals surface area contributed by atoms with Gasteiger partial charge in [-0.25, -0.2) is 9.78 Å². The van der Waals surface area contributed by atoms with Crippen molar-refractivity contribution in [2.75, 3.05) is 28.4 Å². The fraction of sp³-hybridized carbons (Fsp3) is 0.238. The van der Waals surface area contributed by atoms with Crippen molar-refractivity contribution in [2.45, 2.75) is 6.61 Å². The molecule has 0 N–H and O–H groups in total. The van der Waals surface area contributed by atoms with Gasteiger partial charge in [-0.2, -0.15) is 0 Å². The van der Waals surface area contributed by atoms with E-state index in [4.69, 9.17) is 23.7 Å². The molecule has 3 rings (SSSR count). The Morgan fingerprint density at radius 1 is 0.862 bits per heavy atom. The number of aromatic nitrogens is 1. The molecule has 0 saturated heterocycles. The van der Waals surface area contributed by atoms with E-state index in [1.807, 2.05) is 18.2 Å². The lowest BCUT2D eigenvalue weighted by atomic mass is 10.2. The summed E-state index contributed by atoms with van der Waals surface area (Å²) < 4.78 is 26.4. The minimum atomic E-state index is -0.497. The second kappa shape index (κ2) is 9.29. The number of nitrogens with zero attached hydrogens (tertiary/aromatic N) is 1. The normalized spacial score (nSPS) is 10.3. The number of hydrogen-bond donors (Lipinski definition) is 0. The minimum absolute atomic E-state index is 0.0996. The number of thiazole rings is 1. The molecule has 8 heteroatoms. The summed E-state index contributed by atoms with van der Waals surface area (Å²) in [5.41, 5.74) is 1.86. The van der Waals surface area contributed by atoms with Crippen LogP contribution in [0.3, 0.4) is 0 Å². The average molecular weight is 415 g/mol. The van der Waals surface area contributed by atoms with Gasteiger partial charge in [-0.15, -0.1) is 11.3 Å². The molecule has 0 fully saturated rings. The predicted octanol–water partition coefficient (Wildman–Crippen LogP) is 4.20. The summed E-state index contributed by atoms with van der Waals surface area (Å²) in [6, 6.07) is 10.8. The number of rotatable bonds is 8. The van der Waals surface area contributed by atoms with Gasteiger partial charge in [0, 0.05) is 10.9 Å². The summed E-state index contributed by atoms with van der Waals surface area (Å²) in [5, 5.41) is 2.35. The molecule has 3 aromatic rings. The van der Waals surface area contributed by atoms with Crippen molar-refractivity contribution >= 4 is 17.3 Å². The molecule has 1 aromatic heterocycles. The molecular weight excluding hydrogens is 394 g/mol. The zero-order valence-corrected chi connectivity index (χ0v) is 17.4. The Hall–Kier alpha value is -3.26. The van der Waals surface area contributed by atoms with E-state index >= 15 is 0 Å². The molecule has 1 heterocycles. The number of methoxy groups -OCH3 is 4. The first-order chi connectivity index (χ1) is 14.1. The lowest BCUT2D eigenvalue weighted by Crippen LogP contribution is -2.06. The smallest absolute Gasteiger partial charge is 0.358 e. The van der Waals surface area contributed by atoms with Crippen LogP contribution in [0, 0.1) is 0 Å². The molecule has 0 aliphatic rings. The maximum atomic E-state index is 12.4. The molecule has 0 spiro atoms. The SMILES string of the molecule is COc1ccc(COC(=O)c2csc(-c3ccc(OC)c(OC)c3)n2)cc1OC. The van der Waals surface area contributed by atoms with Gasteiger partial charge in [0.2, 0.25) is 0 Å². The van der Waals surface area contributed by atoms with Crippen LogP contribution in [-0.2, 0) is 11.3 Å². The van der Waals surface area contributed by atoms with E-state index < -0.39 is 5.97 Å². The molecule has 0 unspecified atom stereocenters. The second-order valence-electron chi connectivity index (χ2n) is 5.87. The van der Waals surface area contributed by atoms with Crippen LogP contribution in [0.2, 0.25) is 0 Å². The Bertz CT molecular complexity index is 1000. The Morgan fingerprint density at radius 3 is 2.14 bits per heavy atom. The zero-order valence-electron chi connectivity index (χ0n) is 16.6. The standard InChI is InChI=1S/C21H21NO6S/c1-24-16-7-5-13(9-18(16)26-3)11-28-21(23)15-12-29-20(22-15)14-6-8-17(25-2)19(10-14)27-4/h5-10,12H,11H2,1-4H3. The van der Waals surface area contributed by atoms with Gasteiger partial charge in [-0.05, 0) is 35.9 Å². The number of ether oxygens (including phenoxy) is 5. The third-order valence-electron chi connectivity index (χ3n) is 4.16. The zero-order chi connectivity index (χ0) is 20.8. The summed E-state index contributed by atoms with van der Waals surface area (Å²) in [5.74, 6) is 1.91. The van der Waals surface area contributed by atoms with E-state index in [-0.39, 0.29) is 12.3 Å². The largest absolute Gasteiger partial charge is 0.493 e. The maximum absolute atomic E-state index is 12.4. The van der Waals surface area contributed by atoms with Crippen LogP contribution in [0.25, 0.3) is 10.6 Å². The van der Waals surface area contributed by atoms with Crippen LogP contribution in [0.1, 0.15) is 16.1 Å². The van der Waals surface area contributed by atoms with Crippen LogP contribution in [-0.4, -0.2) is 39.4 Å². The predicted molar refractivity (Wildman–Crippen MR) is 109 cm³/mol. The van der Waals surface area contributed by atoms with Crippen LogP contribution in [0.5, 0.6) is 23.0 Å². The van der Waals surface area contributed by atoms with Gasteiger partial charge in [0.05, 0.1) is 28.4 Å². The first-order valence-electron chi connectivity index (χ1n) is 8.65. The van der Waals surface area contributed by atoms with Crippen LogP contribution < -0.4 is 18.9 Å². The summed E-state index contributed by atoms with van der Waals surface area (Å²) in [7, 11) is 6.27. The van der Waals surface area contributed by atoms with Crippen molar-refractivity contribution < 1.29 is 28.5 Å². The lowest BCUT2D eigenvalue weighted by molar-refractivity contribution is 0.0466. The maximum Gasteiger partial charge on any atom is 0.358 e. The molecular formula is C21H21NO6S. The lowest BCUT2D eigenvalue weighted by Gasteiger charge is -2.09. The Balaban J connectivity index is 1.70. The van der Waals surface area contributed by atoms with Gasteiger partial charge >= 0.3 is 5.97 Å². The molecule has 0 amide bonds. The van der Waals surface area contributed by atoms with Gasteiger partial charge in [-0.3, -0.25) is 0 Å². The van der Waals surface area contributed by atoms with Crippen molar-refractivity contribution in [2.24, 2.45) is 0 Å². The van der Waals surface area contributed by atoms with E-state index in [1.165, 1.54) is 11.3 Å². The number of benzene rings is 2. The van der Waals surface area contributed by atoms with Gasteiger partial charge in [0.15, 0.2) is 28.7 Å². The summed E-state index contributed by atoms with van der Waals surface area (Å²) in [6.07, 6.45) is 0. The summed E-state index contributed by atoms with van der Waals surface area (Å²) >= 11 is 1.35. The third kappa shape index (κ3) is 4.60. The number of hydrogen-bond acceptors (Lipinski definition) is 8. The fourth-order valence-electron chi connectivity index (χ4n) is 2.66. The molecule has 152 valence electrons. The Morgan fingerprint density at radius 2 is 1.48 bits per heavy atom.